The Morgan fingerprint density at radius 1 is 1.86 bits per heavy atom. The molecule has 0 bridgehead atoms. The van der Waals surface area contributed by atoms with Crippen molar-refractivity contribution in [2.45, 2.75) is 13.0 Å². The van der Waals surface area contributed by atoms with Crippen LogP contribution in [0, 0.1) is 0 Å². The van der Waals surface area contributed by atoms with E-state index in [4.69, 9.17) is 10.8 Å². The number of carbonyl (C=O) groups is 1. The topological polar surface area (TPSA) is 63.3 Å². The summed E-state index contributed by atoms with van der Waals surface area (Å²) in [4.78, 5) is 9.57. The molecular weight excluding hydrogens is 170 g/mol. The van der Waals surface area contributed by atoms with E-state index in [2.05, 4.69) is 0 Å². The molecule has 3 N–H and O–H groups in total. The molecule has 0 heterocycles. The molecule has 0 saturated heterocycles. The second kappa shape index (κ2) is 5.06. The van der Waals surface area contributed by atoms with Crippen molar-refractivity contribution in [1.82, 2.24) is 0 Å². The fourth-order valence-electron chi connectivity index (χ4n) is 0. The fraction of sp³-hybridized carbons (Fsp3) is 0.667. The average molecular weight is 179 g/mol. The molecular formula is C3H9NO2Sr. The van der Waals surface area contributed by atoms with Crippen molar-refractivity contribution < 1.29 is 9.90 Å². The van der Waals surface area contributed by atoms with Crippen LogP contribution in [0.15, 0.2) is 0 Å². The van der Waals surface area contributed by atoms with Crippen molar-refractivity contribution in [3.05, 3.63) is 0 Å². The Morgan fingerprint density at radius 2 is 2.00 bits per heavy atom. The van der Waals surface area contributed by atoms with Crippen LogP contribution >= 0.6 is 0 Å². The minimum absolute atomic E-state index is 0. The van der Waals surface area contributed by atoms with E-state index in [0.29, 0.717) is 0 Å². The zero-order chi connectivity index (χ0) is 5.15. The molecule has 0 aromatic heterocycles. The molecule has 0 aliphatic carbocycles. The summed E-state index contributed by atoms with van der Waals surface area (Å²) in [5.74, 6) is -0.963. The van der Waals surface area contributed by atoms with Crippen molar-refractivity contribution in [3.63, 3.8) is 0 Å². The summed E-state index contributed by atoms with van der Waals surface area (Å²) >= 11 is 0. The maximum atomic E-state index is 9.57. The predicted molar refractivity (Wildman–Crippen MR) is 29.8 cm³/mol. The molecule has 0 saturated carbocycles. The van der Waals surface area contributed by atoms with Gasteiger partial charge >= 0.3 is 51.5 Å². The van der Waals surface area contributed by atoms with Gasteiger partial charge in [0.2, 0.25) is 0 Å². The first-order chi connectivity index (χ1) is 2.64. The fourth-order valence-corrected chi connectivity index (χ4v) is 0. The first-order valence-electron chi connectivity index (χ1n) is 1.63. The normalized spacial score (nSPS) is 11.7. The van der Waals surface area contributed by atoms with E-state index in [0.717, 1.165) is 0 Å². The van der Waals surface area contributed by atoms with Crippen LogP contribution in [0.2, 0.25) is 0 Å². The van der Waals surface area contributed by atoms with Gasteiger partial charge in [-0.25, -0.2) is 0 Å². The summed E-state index contributed by atoms with van der Waals surface area (Å²) in [5.41, 5.74) is 4.84. The molecule has 0 unspecified atom stereocenters. The van der Waals surface area contributed by atoms with Crippen LogP contribution in [0.25, 0.3) is 0 Å². The molecule has 0 amide bonds. The number of aliphatic carboxylic acids is 1. The quantitative estimate of drug-likeness (QED) is 0.481. The van der Waals surface area contributed by atoms with E-state index < -0.39 is 12.0 Å². The Labute approximate surface area is 79.2 Å². The van der Waals surface area contributed by atoms with Crippen molar-refractivity contribution in [2.24, 2.45) is 5.73 Å². The summed E-state index contributed by atoms with van der Waals surface area (Å²) in [6.45, 7) is 1.42. The van der Waals surface area contributed by atoms with Crippen LogP contribution in [-0.4, -0.2) is 62.6 Å². The van der Waals surface area contributed by atoms with Crippen LogP contribution in [0.4, 0.5) is 0 Å². The van der Waals surface area contributed by atoms with Gasteiger partial charge in [-0.3, -0.25) is 4.79 Å². The van der Waals surface area contributed by atoms with E-state index in [-0.39, 0.29) is 45.5 Å². The van der Waals surface area contributed by atoms with Gasteiger partial charge in [-0.15, -0.1) is 0 Å². The van der Waals surface area contributed by atoms with Gasteiger partial charge in [-0.1, -0.05) is 0 Å². The molecule has 1 atom stereocenters. The minimum atomic E-state index is -0.963. The molecule has 40 valence electrons. The van der Waals surface area contributed by atoms with Crippen molar-refractivity contribution in [2.75, 3.05) is 0 Å². The van der Waals surface area contributed by atoms with Gasteiger partial charge in [-0.05, 0) is 6.92 Å². The van der Waals surface area contributed by atoms with Crippen LogP contribution < -0.4 is 5.73 Å². The van der Waals surface area contributed by atoms with Gasteiger partial charge in [0.25, 0.3) is 0 Å². The molecule has 0 aromatic carbocycles. The monoisotopic (exact) mass is 179 g/mol. The Bertz CT molecular complexity index is 64.0. The van der Waals surface area contributed by atoms with Gasteiger partial charge in [0.15, 0.2) is 0 Å². The Balaban J connectivity index is 0. The van der Waals surface area contributed by atoms with Crippen molar-refractivity contribution in [1.29, 1.82) is 0 Å². The standard InChI is InChI=1S/C3H7NO2.Sr.2H/c1-2(4)3(5)6;;;/h2H,4H2,1H3,(H,5,6);;;/t2-;;;/m0.../s1. The molecule has 0 rings (SSSR count). The van der Waals surface area contributed by atoms with Gasteiger partial charge in [0, 0.05) is 0 Å². The Hall–Kier alpha value is 0.911. The summed E-state index contributed by atoms with van der Waals surface area (Å²) in [6.07, 6.45) is 0. The van der Waals surface area contributed by atoms with E-state index in [9.17, 15) is 4.79 Å². The molecule has 0 spiro atoms. The summed E-state index contributed by atoms with van der Waals surface area (Å²) in [6, 6.07) is -0.731. The number of rotatable bonds is 1. The summed E-state index contributed by atoms with van der Waals surface area (Å²) in [5, 5.41) is 7.87. The first kappa shape index (κ1) is 10.8. The zero-order valence-electron chi connectivity index (χ0n) is 3.51. The molecule has 0 radical (unpaired) electrons. The first-order valence-corrected chi connectivity index (χ1v) is 1.63. The number of hydrogen-bond donors (Lipinski definition) is 2. The number of hydrogen-bond acceptors (Lipinski definition) is 2. The van der Waals surface area contributed by atoms with Gasteiger partial charge in [-0.2, -0.15) is 0 Å². The van der Waals surface area contributed by atoms with Crippen LogP contribution in [0.3, 0.4) is 0 Å². The van der Waals surface area contributed by atoms with Crippen molar-refractivity contribution >= 4 is 51.5 Å². The molecule has 4 heteroatoms. The number of carboxylic acid groups (broad SMARTS) is 1. The molecule has 0 aliphatic heterocycles. The van der Waals surface area contributed by atoms with Crippen molar-refractivity contribution in [3.8, 4) is 0 Å². The third-order valence-corrected chi connectivity index (χ3v) is 0.390. The van der Waals surface area contributed by atoms with E-state index >= 15 is 0 Å². The second-order valence-electron chi connectivity index (χ2n) is 1.13. The van der Waals surface area contributed by atoms with Crippen LogP contribution in [0.1, 0.15) is 6.92 Å². The third kappa shape index (κ3) is 6.91. The average Bonchev–Trinajstić information content (AvgIpc) is 1.36. The second-order valence-corrected chi connectivity index (χ2v) is 1.13. The molecule has 0 aromatic rings. The van der Waals surface area contributed by atoms with Gasteiger partial charge in [0.05, 0.1) is 0 Å². The van der Waals surface area contributed by atoms with Gasteiger partial charge < -0.3 is 10.8 Å². The molecule has 0 aliphatic rings. The van der Waals surface area contributed by atoms with E-state index in [1.54, 1.807) is 0 Å². The van der Waals surface area contributed by atoms with Crippen LogP contribution in [0.5, 0.6) is 0 Å². The Kier molecular flexibility index (Phi) is 7.81. The van der Waals surface area contributed by atoms with E-state index in [1.807, 2.05) is 0 Å². The molecule has 0 fully saturated rings. The maximum absolute atomic E-state index is 9.57. The Morgan fingerprint density at radius 3 is 2.00 bits per heavy atom. The summed E-state index contributed by atoms with van der Waals surface area (Å²) in [7, 11) is 0. The summed E-state index contributed by atoms with van der Waals surface area (Å²) < 4.78 is 0. The van der Waals surface area contributed by atoms with Gasteiger partial charge in [0.1, 0.15) is 6.04 Å². The number of nitrogens with two attached hydrogens (primary N) is 1. The SMILES string of the molecule is C[C@H](N)C(=O)O.[SrH2]. The third-order valence-electron chi connectivity index (χ3n) is 0.390. The zero-order valence-corrected chi connectivity index (χ0v) is 3.51. The number of carboxylic acids is 1. The molecule has 3 nitrogen and oxygen atoms in total. The van der Waals surface area contributed by atoms with E-state index in [1.165, 1.54) is 6.92 Å². The predicted octanol–water partition coefficient (Wildman–Crippen LogP) is -1.50. The van der Waals surface area contributed by atoms with Crippen LogP contribution in [-0.2, 0) is 4.79 Å². The molecule has 7 heavy (non-hydrogen) atoms.